The Morgan fingerprint density at radius 3 is 2.80 bits per heavy atom. The number of benzene rings is 1. The van der Waals surface area contributed by atoms with Crippen LogP contribution in [0.25, 0.3) is 0 Å². The lowest BCUT2D eigenvalue weighted by molar-refractivity contribution is 0.139. The first-order valence-corrected chi connectivity index (χ1v) is 4.93. The molecule has 0 aliphatic carbocycles. The summed E-state index contributed by atoms with van der Waals surface area (Å²) in [5.74, 6) is -0.946. The number of ether oxygens (including phenoxy) is 1. The van der Waals surface area contributed by atoms with Gasteiger partial charge in [-0.2, -0.15) is 0 Å². The van der Waals surface area contributed by atoms with Crippen molar-refractivity contribution in [2.75, 3.05) is 13.2 Å². The van der Waals surface area contributed by atoms with E-state index in [0.717, 1.165) is 18.2 Å². The van der Waals surface area contributed by atoms with Crippen LogP contribution in [0.1, 0.15) is 24.9 Å². The van der Waals surface area contributed by atoms with E-state index in [-0.39, 0.29) is 5.56 Å². The molecule has 1 aromatic rings. The number of rotatable bonds is 5. The first-order chi connectivity index (χ1) is 7.15. The molecular formula is C11H15F2NO. The molecule has 1 rings (SSSR count). The molecule has 4 heteroatoms. The van der Waals surface area contributed by atoms with E-state index in [4.69, 9.17) is 10.5 Å². The van der Waals surface area contributed by atoms with E-state index in [0.29, 0.717) is 19.6 Å². The molecule has 0 amide bonds. The van der Waals surface area contributed by atoms with Crippen LogP contribution in [0.5, 0.6) is 0 Å². The Hall–Kier alpha value is -1.00. The third-order valence-corrected chi connectivity index (χ3v) is 2.13. The molecule has 84 valence electrons. The van der Waals surface area contributed by atoms with Crippen LogP contribution in [0.3, 0.4) is 0 Å². The summed E-state index contributed by atoms with van der Waals surface area (Å²) in [6.45, 7) is 2.92. The molecule has 1 aromatic carbocycles. The minimum Gasteiger partial charge on any atom is -0.382 e. The van der Waals surface area contributed by atoms with Crippen LogP contribution in [0.2, 0.25) is 0 Å². The fourth-order valence-corrected chi connectivity index (χ4v) is 1.31. The Bertz CT molecular complexity index is 317. The van der Waals surface area contributed by atoms with Gasteiger partial charge in [0.1, 0.15) is 11.6 Å². The van der Waals surface area contributed by atoms with E-state index >= 15 is 0 Å². The molecule has 15 heavy (non-hydrogen) atoms. The molecule has 0 radical (unpaired) electrons. The maximum atomic E-state index is 13.2. The predicted molar refractivity (Wildman–Crippen MR) is 54.4 cm³/mol. The monoisotopic (exact) mass is 215 g/mol. The first-order valence-electron chi connectivity index (χ1n) is 4.93. The van der Waals surface area contributed by atoms with Crippen molar-refractivity contribution in [1.82, 2.24) is 0 Å². The Labute approximate surface area is 88.0 Å². The SMILES string of the molecule is CCOCCC(N)c1cc(F)ccc1F. The lowest BCUT2D eigenvalue weighted by Gasteiger charge is -2.12. The van der Waals surface area contributed by atoms with Crippen molar-refractivity contribution in [1.29, 1.82) is 0 Å². The molecule has 2 N–H and O–H groups in total. The van der Waals surface area contributed by atoms with Crippen LogP contribution in [-0.2, 0) is 4.74 Å². The lowest BCUT2D eigenvalue weighted by Crippen LogP contribution is -2.15. The standard InChI is InChI=1S/C11H15F2NO/c1-2-15-6-5-11(14)9-7-8(12)3-4-10(9)13/h3-4,7,11H,2,5-6,14H2,1H3. The van der Waals surface area contributed by atoms with Gasteiger partial charge in [-0.1, -0.05) is 0 Å². The molecule has 0 spiro atoms. The summed E-state index contributed by atoms with van der Waals surface area (Å²) in [6, 6.07) is 2.78. The first kappa shape index (κ1) is 12.1. The van der Waals surface area contributed by atoms with Crippen molar-refractivity contribution < 1.29 is 13.5 Å². The Balaban J connectivity index is 2.64. The highest BCUT2D eigenvalue weighted by atomic mass is 19.1. The van der Waals surface area contributed by atoms with Crippen molar-refractivity contribution in [3.8, 4) is 0 Å². The van der Waals surface area contributed by atoms with Gasteiger partial charge in [-0.3, -0.25) is 0 Å². The molecule has 0 aliphatic heterocycles. The Morgan fingerprint density at radius 2 is 2.13 bits per heavy atom. The quantitative estimate of drug-likeness (QED) is 0.765. The van der Waals surface area contributed by atoms with Crippen LogP contribution in [0.15, 0.2) is 18.2 Å². The predicted octanol–water partition coefficient (Wildman–Crippen LogP) is 2.39. The summed E-state index contributed by atoms with van der Waals surface area (Å²) in [7, 11) is 0. The van der Waals surface area contributed by atoms with Crippen molar-refractivity contribution in [3.63, 3.8) is 0 Å². The summed E-state index contributed by atoms with van der Waals surface area (Å²) >= 11 is 0. The molecule has 2 nitrogen and oxygen atoms in total. The number of hydrogen-bond donors (Lipinski definition) is 1. The minimum absolute atomic E-state index is 0.203. The summed E-state index contributed by atoms with van der Waals surface area (Å²) in [6.07, 6.45) is 0.480. The van der Waals surface area contributed by atoms with E-state index in [1.54, 1.807) is 0 Å². The smallest absolute Gasteiger partial charge is 0.128 e. The lowest BCUT2D eigenvalue weighted by atomic mass is 10.0. The zero-order chi connectivity index (χ0) is 11.3. The molecule has 1 unspecified atom stereocenters. The van der Waals surface area contributed by atoms with Gasteiger partial charge in [0.15, 0.2) is 0 Å². The summed E-state index contributed by atoms with van der Waals surface area (Å²) in [5, 5.41) is 0. The fourth-order valence-electron chi connectivity index (χ4n) is 1.31. The molecule has 0 fully saturated rings. The second-order valence-electron chi connectivity index (χ2n) is 3.26. The van der Waals surface area contributed by atoms with E-state index < -0.39 is 17.7 Å². The topological polar surface area (TPSA) is 35.2 Å². The summed E-state index contributed by atoms with van der Waals surface area (Å²) in [4.78, 5) is 0. The largest absolute Gasteiger partial charge is 0.382 e. The maximum absolute atomic E-state index is 13.2. The average molecular weight is 215 g/mol. The van der Waals surface area contributed by atoms with Crippen molar-refractivity contribution >= 4 is 0 Å². The fraction of sp³-hybridized carbons (Fsp3) is 0.455. The van der Waals surface area contributed by atoms with Crippen LogP contribution < -0.4 is 5.73 Å². The third-order valence-electron chi connectivity index (χ3n) is 2.13. The molecule has 0 heterocycles. The normalized spacial score (nSPS) is 12.8. The van der Waals surface area contributed by atoms with Gasteiger partial charge in [-0.05, 0) is 31.5 Å². The van der Waals surface area contributed by atoms with E-state index in [2.05, 4.69) is 0 Å². The van der Waals surface area contributed by atoms with E-state index in [1.807, 2.05) is 6.92 Å². The van der Waals surface area contributed by atoms with E-state index in [9.17, 15) is 8.78 Å². The highest BCUT2D eigenvalue weighted by molar-refractivity contribution is 5.21. The van der Waals surface area contributed by atoms with Gasteiger partial charge in [-0.15, -0.1) is 0 Å². The van der Waals surface area contributed by atoms with Crippen molar-refractivity contribution in [3.05, 3.63) is 35.4 Å². The molecule has 0 saturated carbocycles. The van der Waals surface area contributed by atoms with Gasteiger partial charge >= 0.3 is 0 Å². The van der Waals surface area contributed by atoms with Gasteiger partial charge in [0.2, 0.25) is 0 Å². The van der Waals surface area contributed by atoms with Gasteiger partial charge in [0, 0.05) is 24.8 Å². The van der Waals surface area contributed by atoms with Crippen LogP contribution in [-0.4, -0.2) is 13.2 Å². The molecule has 0 aromatic heterocycles. The Kier molecular flexibility index (Phi) is 4.65. The van der Waals surface area contributed by atoms with Gasteiger partial charge in [0.25, 0.3) is 0 Å². The van der Waals surface area contributed by atoms with Crippen molar-refractivity contribution in [2.24, 2.45) is 5.73 Å². The molecular weight excluding hydrogens is 200 g/mol. The van der Waals surface area contributed by atoms with Crippen LogP contribution >= 0.6 is 0 Å². The van der Waals surface area contributed by atoms with Gasteiger partial charge in [-0.25, -0.2) is 8.78 Å². The number of halogens is 2. The summed E-state index contributed by atoms with van der Waals surface area (Å²) < 4.78 is 31.2. The number of nitrogens with two attached hydrogens (primary N) is 1. The second-order valence-corrected chi connectivity index (χ2v) is 3.26. The molecule has 0 saturated heterocycles. The second kappa shape index (κ2) is 5.78. The molecule has 0 bridgehead atoms. The minimum atomic E-state index is -0.521. The van der Waals surface area contributed by atoms with E-state index in [1.165, 1.54) is 0 Å². The van der Waals surface area contributed by atoms with Crippen molar-refractivity contribution in [2.45, 2.75) is 19.4 Å². The average Bonchev–Trinajstić information content (AvgIpc) is 2.22. The van der Waals surface area contributed by atoms with Gasteiger partial charge in [0.05, 0.1) is 0 Å². The molecule has 0 aliphatic rings. The van der Waals surface area contributed by atoms with Crippen LogP contribution in [0, 0.1) is 11.6 Å². The zero-order valence-corrected chi connectivity index (χ0v) is 8.67. The Morgan fingerprint density at radius 1 is 1.40 bits per heavy atom. The van der Waals surface area contributed by atoms with Crippen LogP contribution in [0.4, 0.5) is 8.78 Å². The number of hydrogen-bond acceptors (Lipinski definition) is 2. The highest BCUT2D eigenvalue weighted by Gasteiger charge is 2.12. The molecule has 1 atom stereocenters. The summed E-state index contributed by atoms with van der Waals surface area (Å²) in [5.41, 5.74) is 5.92. The highest BCUT2D eigenvalue weighted by Crippen LogP contribution is 2.18. The third kappa shape index (κ3) is 3.57. The zero-order valence-electron chi connectivity index (χ0n) is 8.67. The van der Waals surface area contributed by atoms with Gasteiger partial charge < -0.3 is 10.5 Å². The maximum Gasteiger partial charge on any atom is 0.128 e.